The second-order valence-corrected chi connectivity index (χ2v) is 10.9. The van der Waals surface area contributed by atoms with Gasteiger partial charge in [-0.25, -0.2) is 0 Å². The van der Waals surface area contributed by atoms with Crippen LogP contribution in [0.15, 0.2) is 12.7 Å². The summed E-state index contributed by atoms with van der Waals surface area (Å²) >= 11 is 0. The summed E-state index contributed by atoms with van der Waals surface area (Å²) in [7, 11) is 2.26. The third-order valence-electron chi connectivity index (χ3n) is 10.2. The first-order chi connectivity index (χ1) is 13.5. The molecule has 0 saturated heterocycles. The van der Waals surface area contributed by atoms with Crippen molar-refractivity contribution in [2.75, 3.05) is 7.05 Å². The van der Waals surface area contributed by atoms with Crippen LogP contribution in [0.1, 0.15) is 105 Å². The van der Waals surface area contributed by atoms with E-state index in [1.54, 1.807) is 0 Å². The lowest BCUT2D eigenvalue weighted by molar-refractivity contribution is -0.124. The lowest BCUT2D eigenvalue weighted by atomic mass is 9.43. The summed E-state index contributed by atoms with van der Waals surface area (Å²) in [4.78, 5) is 0. The number of unbranched alkanes of at least 4 members (excludes halogenated alkanes) is 1. The van der Waals surface area contributed by atoms with Crippen molar-refractivity contribution in [3.05, 3.63) is 12.7 Å². The quantitative estimate of drug-likeness (QED) is 0.378. The van der Waals surface area contributed by atoms with Crippen LogP contribution in [-0.2, 0) is 0 Å². The van der Waals surface area contributed by atoms with Gasteiger partial charge in [-0.05, 0) is 112 Å². The van der Waals surface area contributed by atoms with E-state index in [9.17, 15) is 0 Å². The number of nitrogens with one attached hydrogen (secondary N) is 1. The Kier molecular flexibility index (Phi) is 7.38. The standard InChI is InChI=1S/C25H43N.C2H6/c1-5-6-7-10-18-12-13-20-23-21(14-16-25(18,20)3)24(2)15-9-8-11-19(24)17-22(23)26-4;1-2/h5,18-23,26H,1,6-17H2,2-4H3;1-2H3. The highest BCUT2D eigenvalue weighted by molar-refractivity contribution is 5.12. The summed E-state index contributed by atoms with van der Waals surface area (Å²) in [5, 5.41) is 3.84. The SMILES string of the molecule is C=CCCCC1CCC2C3C(NC)CC4CCCCC4(C)C3CCC12C.CC. The van der Waals surface area contributed by atoms with Gasteiger partial charge in [-0.2, -0.15) is 0 Å². The average Bonchev–Trinajstić information content (AvgIpc) is 3.05. The van der Waals surface area contributed by atoms with Crippen LogP contribution in [0, 0.1) is 40.4 Å². The molecule has 8 atom stereocenters. The van der Waals surface area contributed by atoms with Gasteiger partial charge in [-0.3, -0.25) is 0 Å². The third kappa shape index (κ3) is 3.63. The second kappa shape index (κ2) is 9.23. The maximum absolute atomic E-state index is 3.94. The zero-order valence-corrected chi connectivity index (χ0v) is 19.7. The Bertz CT molecular complexity index is 512. The molecule has 0 spiro atoms. The fourth-order valence-electron chi connectivity index (χ4n) is 8.70. The van der Waals surface area contributed by atoms with E-state index in [1.165, 1.54) is 77.0 Å². The molecule has 0 amide bonds. The minimum absolute atomic E-state index is 0.620. The van der Waals surface area contributed by atoms with Gasteiger partial charge >= 0.3 is 0 Å². The topological polar surface area (TPSA) is 12.0 Å². The molecule has 0 radical (unpaired) electrons. The monoisotopic (exact) mass is 387 g/mol. The van der Waals surface area contributed by atoms with Gasteiger partial charge in [0.1, 0.15) is 0 Å². The molecule has 8 unspecified atom stereocenters. The third-order valence-corrected chi connectivity index (χ3v) is 10.2. The Morgan fingerprint density at radius 2 is 1.71 bits per heavy atom. The first kappa shape index (κ1) is 22.4. The van der Waals surface area contributed by atoms with Crippen molar-refractivity contribution in [1.82, 2.24) is 5.32 Å². The van der Waals surface area contributed by atoms with E-state index in [4.69, 9.17) is 0 Å². The van der Waals surface area contributed by atoms with E-state index < -0.39 is 0 Å². The summed E-state index contributed by atoms with van der Waals surface area (Å²) in [6, 6.07) is 0.785. The van der Waals surface area contributed by atoms with Crippen LogP contribution in [0.5, 0.6) is 0 Å². The van der Waals surface area contributed by atoms with E-state index in [-0.39, 0.29) is 0 Å². The van der Waals surface area contributed by atoms with Crippen molar-refractivity contribution in [3.8, 4) is 0 Å². The minimum Gasteiger partial charge on any atom is -0.317 e. The normalized spacial score (nSPS) is 47.2. The molecule has 162 valence electrons. The van der Waals surface area contributed by atoms with E-state index in [2.05, 4.69) is 38.9 Å². The molecule has 0 heterocycles. The van der Waals surface area contributed by atoms with Gasteiger partial charge in [0.2, 0.25) is 0 Å². The molecule has 0 aliphatic heterocycles. The molecule has 1 heteroatoms. The molecule has 1 nitrogen and oxygen atoms in total. The van der Waals surface area contributed by atoms with Crippen LogP contribution >= 0.6 is 0 Å². The van der Waals surface area contributed by atoms with E-state index in [1.807, 2.05) is 13.8 Å². The summed E-state index contributed by atoms with van der Waals surface area (Å²) < 4.78 is 0. The molecule has 4 fully saturated rings. The summed E-state index contributed by atoms with van der Waals surface area (Å²) in [6.07, 6.45) is 19.6. The Morgan fingerprint density at radius 1 is 0.964 bits per heavy atom. The largest absolute Gasteiger partial charge is 0.317 e. The zero-order valence-electron chi connectivity index (χ0n) is 19.7. The van der Waals surface area contributed by atoms with E-state index in [0.717, 1.165) is 35.6 Å². The molecule has 4 rings (SSSR count). The van der Waals surface area contributed by atoms with Gasteiger partial charge < -0.3 is 5.32 Å². The molecule has 1 N–H and O–H groups in total. The molecular weight excluding hydrogens is 338 g/mol. The van der Waals surface area contributed by atoms with Crippen LogP contribution < -0.4 is 5.32 Å². The molecule has 0 aromatic carbocycles. The molecule has 4 aliphatic rings. The second-order valence-electron chi connectivity index (χ2n) is 10.9. The molecule has 0 aromatic heterocycles. The van der Waals surface area contributed by atoms with Gasteiger partial charge in [0.05, 0.1) is 0 Å². The number of rotatable bonds is 5. The number of fused-ring (bicyclic) bond motifs is 5. The molecule has 0 aromatic rings. The maximum Gasteiger partial charge on any atom is 0.0101 e. The van der Waals surface area contributed by atoms with E-state index in [0.29, 0.717) is 10.8 Å². The van der Waals surface area contributed by atoms with Gasteiger partial charge in [0.15, 0.2) is 0 Å². The van der Waals surface area contributed by atoms with E-state index >= 15 is 0 Å². The van der Waals surface area contributed by atoms with Crippen LogP contribution in [-0.4, -0.2) is 13.1 Å². The van der Waals surface area contributed by atoms with Crippen LogP contribution in [0.2, 0.25) is 0 Å². The van der Waals surface area contributed by atoms with Gasteiger partial charge in [-0.15, -0.1) is 6.58 Å². The number of hydrogen-bond donors (Lipinski definition) is 1. The van der Waals surface area contributed by atoms with Gasteiger partial charge in [0.25, 0.3) is 0 Å². The Hall–Kier alpha value is -0.300. The molecule has 4 aliphatic carbocycles. The Labute approximate surface area is 176 Å². The number of allylic oxidation sites excluding steroid dienone is 1. The number of hydrogen-bond acceptors (Lipinski definition) is 1. The Balaban J connectivity index is 0.00000109. The summed E-state index contributed by atoms with van der Waals surface area (Å²) in [5.41, 5.74) is 1.27. The van der Waals surface area contributed by atoms with Crippen LogP contribution in [0.25, 0.3) is 0 Å². The predicted molar refractivity (Wildman–Crippen MR) is 123 cm³/mol. The molecular formula is C27H49N. The predicted octanol–water partition coefficient (Wildman–Crippen LogP) is 7.62. The molecule has 28 heavy (non-hydrogen) atoms. The lowest BCUT2D eigenvalue weighted by Gasteiger charge is -2.63. The minimum atomic E-state index is 0.620. The first-order valence-electron chi connectivity index (χ1n) is 12.8. The highest BCUT2D eigenvalue weighted by Crippen LogP contribution is 2.67. The van der Waals surface area contributed by atoms with Crippen molar-refractivity contribution < 1.29 is 0 Å². The molecule has 0 bridgehead atoms. The van der Waals surface area contributed by atoms with Crippen molar-refractivity contribution in [1.29, 1.82) is 0 Å². The van der Waals surface area contributed by atoms with Gasteiger partial charge in [-0.1, -0.05) is 46.6 Å². The van der Waals surface area contributed by atoms with Crippen molar-refractivity contribution >= 4 is 0 Å². The van der Waals surface area contributed by atoms with Crippen molar-refractivity contribution in [2.45, 2.75) is 111 Å². The smallest absolute Gasteiger partial charge is 0.0101 e. The van der Waals surface area contributed by atoms with Crippen molar-refractivity contribution in [3.63, 3.8) is 0 Å². The first-order valence-corrected chi connectivity index (χ1v) is 12.8. The van der Waals surface area contributed by atoms with Crippen LogP contribution in [0.4, 0.5) is 0 Å². The Morgan fingerprint density at radius 3 is 2.43 bits per heavy atom. The average molecular weight is 388 g/mol. The van der Waals surface area contributed by atoms with Crippen LogP contribution in [0.3, 0.4) is 0 Å². The lowest BCUT2D eigenvalue weighted by Crippen LogP contribution is -2.60. The fraction of sp³-hybridized carbons (Fsp3) is 0.926. The maximum atomic E-state index is 3.94. The highest BCUT2D eigenvalue weighted by atomic mass is 14.9. The summed E-state index contributed by atoms with van der Waals surface area (Å²) in [6.45, 7) is 13.3. The van der Waals surface area contributed by atoms with Gasteiger partial charge in [0, 0.05) is 6.04 Å². The fourth-order valence-corrected chi connectivity index (χ4v) is 8.70. The summed E-state index contributed by atoms with van der Waals surface area (Å²) in [5.74, 6) is 4.88. The van der Waals surface area contributed by atoms with Crippen molar-refractivity contribution in [2.24, 2.45) is 40.4 Å². The highest BCUT2D eigenvalue weighted by Gasteiger charge is 2.61. The zero-order chi connectivity index (χ0) is 20.4. The molecule has 4 saturated carbocycles.